The van der Waals surface area contributed by atoms with Gasteiger partial charge in [-0.3, -0.25) is 0 Å². The van der Waals surface area contributed by atoms with Crippen LogP contribution in [0.1, 0.15) is 31.7 Å². The molecule has 84 valence electrons. The van der Waals surface area contributed by atoms with Crippen molar-refractivity contribution in [3.63, 3.8) is 0 Å². The fourth-order valence-corrected chi connectivity index (χ4v) is 2.35. The maximum Gasteiger partial charge on any atom is 0.101 e. The maximum atomic E-state index is 9.13. The van der Waals surface area contributed by atoms with Crippen molar-refractivity contribution in [2.24, 2.45) is 0 Å². The fourth-order valence-electron chi connectivity index (χ4n) is 2.35. The molecule has 1 heterocycles. The summed E-state index contributed by atoms with van der Waals surface area (Å²) in [4.78, 5) is 2.32. The number of nitrogens with two attached hydrogens (primary N) is 1. The second kappa shape index (κ2) is 4.44. The summed E-state index contributed by atoms with van der Waals surface area (Å²) in [5, 5.41) is 9.13. The van der Waals surface area contributed by atoms with E-state index in [1.165, 1.54) is 19.3 Å². The average molecular weight is 215 g/mol. The van der Waals surface area contributed by atoms with Crippen LogP contribution in [0.4, 0.5) is 11.4 Å². The number of nitrogen functional groups attached to an aromatic ring is 1. The molecule has 1 aliphatic rings. The van der Waals surface area contributed by atoms with Gasteiger partial charge in [-0.05, 0) is 44.4 Å². The van der Waals surface area contributed by atoms with E-state index < -0.39 is 0 Å². The van der Waals surface area contributed by atoms with Crippen LogP contribution in [0.15, 0.2) is 18.2 Å². The highest BCUT2D eigenvalue weighted by Gasteiger charge is 2.20. The predicted molar refractivity (Wildman–Crippen MR) is 66.2 cm³/mol. The fraction of sp³-hybridized carbons (Fsp3) is 0.462. The molecule has 1 aromatic rings. The minimum atomic E-state index is 0.518. The highest BCUT2D eigenvalue weighted by atomic mass is 15.2. The number of anilines is 2. The molecule has 0 saturated carbocycles. The van der Waals surface area contributed by atoms with Gasteiger partial charge in [-0.2, -0.15) is 5.26 Å². The first kappa shape index (κ1) is 10.8. The summed E-state index contributed by atoms with van der Waals surface area (Å²) in [5.74, 6) is 0. The molecule has 2 N–H and O–H groups in total. The van der Waals surface area contributed by atoms with Crippen LogP contribution in [0.2, 0.25) is 0 Å². The number of hydrogen-bond donors (Lipinski definition) is 1. The van der Waals surface area contributed by atoms with E-state index in [-0.39, 0.29) is 0 Å². The van der Waals surface area contributed by atoms with Gasteiger partial charge >= 0.3 is 0 Å². The molecule has 1 fully saturated rings. The van der Waals surface area contributed by atoms with Crippen molar-refractivity contribution in [3.8, 4) is 6.07 Å². The van der Waals surface area contributed by atoms with Gasteiger partial charge in [0.2, 0.25) is 0 Å². The molecule has 0 bridgehead atoms. The van der Waals surface area contributed by atoms with Gasteiger partial charge in [-0.1, -0.05) is 0 Å². The Morgan fingerprint density at radius 2 is 2.25 bits per heavy atom. The van der Waals surface area contributed by atoms with Crippen LogP contribution in [0.25, 0.3) is 0 Å². The number of nitriles is 1. The Morgan fingerprint density at radius 1 is 1.44 bits per heavy atom. The Bertz CT molecular complexity index is 420. The van der Waals surface area contributed by atoms with Gasteiger partial charge in [-0.25, -0.2) is 0 Å². The topological polar surface area (TPSA) is 53.0 Å². The summed E-state index contributed by atoms with van der Waals surface area (Å²) >= 11 is 0. The lowest BCUT2D eigenvalue weighted by Gasteiger charge is -2.36. The number of nitrogens with zero attached hydrogens (tertiary/aromatic N) is 2. The summed E-state index contributed by atoms with van der Waals surface area (Å²) in [7, 11) is 0. The van der Waals surface area contributed by atoms with Crippen molar-refractivity contribution < 1.29 is 0 Å². The number of piperidine rings is 1. The molecule has 0 amide bonds. The van der Waals surface area contributed by atoms with Crippen molar-refractivity contribution in [3.05, 3.63) is 23.8 Å². The van der Waals surface area contributed by atoms with E-state index in [1.54, 1.807) is 6.07 Å². The zero-order chi connectivity index (χ0) is 11.5. The minimum absolute atomic E-state index is 0.518. The Balaban J connectivity index is 2.35. The number of benzene rings is 1. The summed E-state index contributed by atoms with van der Waals surface area (Å²) in [6, 6.07) is 8.35. The quantitative estimate of drug-likeness (QED) is 0.732. The molecule has 0 aliphatic carbocycles. The maximum absolute atomic E-state index is 9.13. The molecule has 0 spiro atoms. The normalized spacial score (nSPS) is 20.5. The largest absolute Gasteiger partial charge is 0.399 e. The van der Waals surface area contributed by atoms with Gasteiger partial charge < -0.3 is 10.6 Å². The third kappa shape index (κ3) is 1.96. The average Bonchev–Trinajstić information content (AvgIpc) is 2.30. The van der Waals surface area contributed by atoms with E-state index in [1.807, 2.05) is 12.1 Å². The van der Waals surface area contributed by atoms with Crippen molar-refractivity contribution in [2.75, 3.05) is 17.2 Å². The van der Waals surface area contributed by atoms with Crippen molar-refractivity contribution in [2.45, 2.75) is 32.2 Å². The first-order valence-electron chi connectivity index (χ1n) is 5.78. The Hall–Kier alpha value is -1.69. The van der Waals surface area contributed by atoms with Crippen LogP contribution in [0, 0.1) is 11.3 Å². The molecular formula is C13H17N3. The lowest BCUT2D eigenvalue weighted by molar-refractivity contribution is 0.484. The van der Waals surface area contributed by atoms with E-state index in [2.05, 4.69) is 17.9 Å². The second-order valence-corrected chi connectivity index (χ2v) is 4.43. The van der Waals surface area contributed by atoms with Crippen molar-refractivity contribution in [1.29, 1.82) is 5.26 Å². The number of rotatable bonds is 1. The second-order valence-electron chi connectivity index (χ2n) is 4.43. The predicted octanol–water partition coefficient (Wildman–Crippen LogP) is 2.52. The lowest BCUT2D eigenvalue weighted by Crippen LogP contribution is -2.37. The summed E-state index contributed by atoms with van der Waals surface area (Å²) in [6.07, 6.45) is 3.70. The molecule has 1 unspecified atom stereocenters. The Labute approximate surface area is 96.5 Å². The van der Waals surface area contributed by atoms with Crippen molar-refractivity contribution in [1.82, 2.24) is 0 Å². The summed E-state index contributed by atoms with van der Waals surface area (Å²) < 4.78 is 0. The molecule has 2 rings (SSSR count). The van der Waals surface area contributed by atoms with E-state index in [0.717, 1.165) is 12.2 Å². The van der Waals surface area contributed by atoms with Crippen molar-refractivity contribution >= 4 is 11.4 Å². The first-order chi connectivity index (χ1) is 7.72. The van der Waals surface area contributed by atoms with E-state index in [4.69, 9.17) is 11.0 Å². The first-order valence-corrected chi connectivity index (χ1v) is 5.78. The van der Waals surface area contributed by atoms with E-state index in [0.29, 0.717) is 17.3 Å². The molecule has 1 aromatic carbocycles. The molecule has 0 radical (unpaired) electrons. The van der Waals surface area contributed by atoms with Gasteiger partial charge in [0.15, 0.2) is 0 Å². The molecule has 1 atom stereocenters. The molecule has 1 saturated heterocycles. The van der Waals surface area contributed by atoms with Gasteiger partial charge in [0.1, 0.15) is 6.07 Å². The van der Waals surface area contributed by atoms with Gasteiger partial charge in [0.05, 0.1) is 11.3 Å². The standard InChI is InChI=1S/C13H17N3/c1-10-4-2-3-7-16(10)13-6-5-12(15)8-11(13)9-14/h5-6,8,10H,2-4,7,15H2,1H3. The zero-order valence-corrected chi connectivity index (χ0v) is 9.61. The molecular weight excluding hydrogens is 198 g/mol. The lowest BCUT2D eigenvalue weighted by atomic mass is 10.0. The smallest absolute Gasteiger partial charge is 0.101 e. The van der Waals surface area contributed by atoms with Crippen LogP contribution in [-0.4, -0.2) is 12.6 Å². The highest BCUT2D eigenvalue weighted by Crippen LogP contribution is 2.28. The zero-order valence-electron chi connectivity index (χ0n) is 9.61. The van der Waals surface area contributed by atoms with Gasteiger partial charge in [0.25, 0.3) is 0 Å². The van der Waals surface area contributed by atoms with Gasteiger partial charge in [-0.15, -0.1) is 0 Å². The summed E-state index contributed by atoms with van der Waals surface area (Å²) in [6.45, 7) is 3.26. The van der Waals surface area contributed by atoms with Crippen LogP contribution in [0.3, 0.4) is 0 Å². The molecule has 3 heteroatoms. The van der Waals surface area contributed by atoms with E-state index in [9.17, 15) is 0 Å². The molecule has 16 heavy (non-hydrogen) atoms. The van der Waals surface area contributed by atoms with Crippen LogP contribution in [0.5, 0.6) is 0 Å². The molecule has 0 aromatic heterocycles. The Morgan fingerprint density at radius 3 is 2.94 bits per heavy atom. The monoisotopic (exact) mass is 215 g/mol. The molecule has 1 aliphatic heterocycles. The highest BCUT2D eigenvalue weighted by molar-refractivity contribution is 5.64. The third-order valence-corrected chi connectivity index (χ3v) is 3.25. The Kier molecular flexibility index (Phi) is 3.00. The van der Waals surface area contributed by atoms with Crippen LogP contribution >= 0.6 is 0 Å². The van der Waals surface area contributed by atoms with E-state index >= 15 is 0 Å². The van der Waals surface area contributed by atoms with Gasteiger partial charge in [0, 0.05) is 18.3 Å². The molecule has 3 nitrogen and oxygen atoms in total. The van der Waals surface area contributed by atoms with Crippen LogP contribution in [-0.2, 0) is 0 Å². The minimum Gasteiger partial charge on any atom is -0.399 e. The van der Waals surface area contributed by atoms with Crippen LogP contribution < -0.4 is 10.6 Å². The number of hydrogen-bond acceptors (Lipinski definition) is 3. The third-order valence-electron chi connectivity index (χ3n) is 3.25. The SMILES string of the molecule is CC1CCCCN1c1ccc(N)cc1C#N. The summed E-state index contributed by atoms with van der Waals surface area (Å²) in [5.41, 5.74) is 8.08.